The van der Waals surface area contributed by atoms with Crippen LogP contribution in [-0.2, 0) is 9.59 Å². The monoisotopic (exact) mass is 370 g/mol. The molecule has 5 heteroatoms. The molecule has 2 amide bonds. The fourth-order valence-electron chi connectivity index (χ4n) is 6.13. The molecule has 0 radical (unpaired) electrons. The van der Waals surface area contributed by atoms with Crippen molar-refractivity contribution >= 4 is 17.5 Å². The number of carbonyl (C=O) groups excluding carboxylic acids is 2. The van der Waals surface area contributed by atoms with E-state index < -0.39 is 0 Å². The first kappa shape index (κ1) is 18.3. The predicted octanol–water partition coefficient (Wildman–Crippen LogP) is 3.74. The van der Waals surface area contributed by atoms with Crippen LogP contribution in [0.2, 0.25) is 0 Å². The number of rotatable bonds is 6. The van der Waals surface area contributed by atoms with Gasteiger partial charge in [0, 0.05) is 18.7 Å². The van der Waals surface area contributed by atoms with Gasteiger partial charge in [-0.3, -0.25) is 9.59 Å². The molecule has 1 atom stereocenters. The summed E-state index contributed by atoms with van der Waals surface area (Å²) < 4.78 is 5.62. The molecule has 4 aliphatic carbocycles. The van der Waals surface area contributed by atoms with Gasteiger partial charge in [-0.1, -0.05) is 0 Å². The first-order valence-electron chi connectivity index (χ1n) is 10.2. The molecular formula is C22H30N2O3. The van der Waals surface area contributed by atoms with Gasteiger partial charge in [0.05, 0.1) is 0 Å². The molecule has 5 rings (SSSR count). The number of ether oxygens (including phenoxy) is 1. The van der Waals surface area contributed by atoms with Gasteiger partial charge >= 0.3 is 0 Å². The number of amides is 2. The summed E-state index contributed by atoms with van der Waals surface area (Å²) >= 11 is 0. The molecule has 1 aromatic carbocycles. The van der Waals surface area contributed by atoms with Crippen LogP contribution in [0.25, 0.3) is 0 Å². The molecule has 27 heavy (non-hydrogen) atoms. The Morgan fingerprint density at radius 1 is 1.07 bits per heavy atom. The highest BCUT2D eigenvalue weighted by Gasteiger charge is 2.53. The van der Waals surface area contributed by atoms with Crippen LogP contribution in [0.1, 0.15) is 52.4 Å². The third-order valence-corrected chi connectivity index (χ3v) is 6.93. The summed E-state index contributed by atoms with van der Waals surface area (Å²) in [5.74, 6) is 3.12. The van der Waals surface area contributed by atoms with Crippen molar-refractivity contribution in [3.63, 3.8) is 0 Å². The summed E-state index contributed by atoms with van der Waals surface area (Å²) in [6.45, 7) is 3.68. The SMILES string of the molecule is CC(=O)Nc1ccc(OCC(=O)N[C@H](C)C23CC4CC(CC(C4)C2)C3)cc1. The van der Waals surface area contributed by atoms with Crippen LogP contribution in [0, 0.1) is 23.2 Å². The van der Waals surface area contributed by atoms with Crippen molar-refractivity contribution in [1.29, 1.82) is 0 Å². The van der Waals surface area contributed by atoms with Gasteiger partial charge in [0.1, 0.15) is 5.75 Å². The van der Waals surface area contributed by atoms with E-state index >= 15 is 0 Å². The van der Waals surface area contributed by atoms with Crippen molar-refractivity contribution in [2.45, 2.75) is 58.4 Å². The highest BCUT2D eigenvalue weighted by Crippen LogP contribution is 2.61. The fraction of sp³-hybridized carbons (Fsp3) is 0.636. The molecule has 0 heterocycles. The molecule has 0 spiro atoms. The summed E-state index contributed by atoms with van der Waals surface area (Å²) in [6.07, 6.45) is 8.09. The number of carbonyl (C=O) groups is 2. The lowest BCUT2D eigenvalue weighted by Gasteiger charge is -2.59. The second-order valence-corrected chi connectivity index (χ2v) is 9.06. The summed E-state index contributed by atoms with van der Waals surface area (Å²) in [6, 6.07) is 7.28. The quantitative estimate of drug-likeness (QED) is 0.801. The summed E-state index contributed by atoms with van der Waals surface area (Å²) in [5, 5.41) is 5.94. The minimum atomic E-state index is -0.110. The molecule has 0 aliphatic heterocycles. The van der Waals surface area contributed by atoms with Crippen LogP contribution in [0.15, 0.2) is 24.3 Å². The third-order valence-electron chi connectivity index (χ3n) is 6.93. The van der Waals surface area contributed by atoms with Crippen LogP contribution in [0.3, 0.4) is 0 Å². The second-order valence-electron chi connectivity index (χ2n) is 9.06. The lowest BCUT2D eigenvalue weighted by atomic mass is 9.48. The first-order chi connectivity index (χ1) is 12.9. The van der Waals surface area contributed by atoms with E-state index in [4.69, 9.17) is 4.74 Å². The molecule has 0 aromatic heterocycles. The Labute approximate surface area is 161 Å². The van der Waals surface area contributed by atoms with Gasteiger partial charge in [-0.2, -0.15) is 0 Å². The average Bonchev–Trinajstić information content (AvgIpc) is 2.59. The molecule has 4 saturated carbocycles. The maximum absolute atomic E-state index is 12.4. The molecule has 1 aromatic rings. The van der Waals surface area contributed by atoms with Crippen molar-refractivity contribution in [1.82, 2.24) is 5.32 Å². The summed E-state index contributed by atoms with van der Waals surface area (Å²) in [5.41, 5.74) is 1.03. The molecule has 4 bridgehead atoms. The number of hydrogen-bond acceptors (Lipinski definition) is 3. The topological polar surface area (TPSA) is 67.4 Å². The van der Waals surface area contributed by atoms with Crippen molar-refractivity contribution < 1.29 is 14.3 Å². The van der Waals surface area contributed by atoms with Crippen LogP contribution in [-0.4, -0.2) is 24.5 Å². The predicted molar refractivity (Wildman–Crippen MR) is 104 cm³/mol. The van der Waals surface area contributed by atoms with E-state index in [1.807, 2.05) is 0 Å². The smallest absolute Gasteiger partial charge is 0.258 e. The van der Waals surface area contributed by atoms with E-state index in [0.717, 1.165) is 23.4 Å². The number of benzene rings is 1. The maximum atomic E-state index is 12.4. The highest BCUT2D eigenvalue weighted by molar-refractivity contribution is 5.88. The largest absolute Gasteiger partial charge is 0.484 e. The zero-order valence-electron chi connectivity index (χ0n) is 16.3. The minimum absolute atomic E-state index is 0.0240. The van der Waals surface area contributed by atoms with Crippen LogP contribution in [0.4, 0.5) is 5.69 Å². The van der Waals surface area contributed by atoms with Crippen molar-refractivity contribution in [2.24, 2.45) is 23.2 Å². The summed E-state index contributed by atoms with van der Waals surface area (Å²) in [4.78, 5) is 23.5. The summed E-state index contributed by atoms with van der Waals surface area (Å²) in [7, 11) is 0. The molecule has 146 valence electrons. The standard InChI is InChI=1S/C22H30N2O3/c1-14(22-10-16-7-17(11-22)9-18(8-16)12-22)23-21(26)13-27-20-5-3-19(4-6-20)24-15(2)25/h3-6,14,16-18H,7-13H2,1-2H3,(H,23,26)(H,24,25)/t14-,16?,17?,18?,22?/m1/s1. The van der Waals surface area contributed by atoms with Crippen LogP contribution in [0.5, 0.6) is 5.75 Å². The lowest BCUT2D eigenvalue weighted by Crippen LogP contribution is -2.56. The molecular weight excluding hydrogens is 340 g/mol. The van der Waals surface area contributed by atoms with E-state index in [2.05, 4.69) is 17.6 Å². The molecule has 2 N–H and O–H groups in total. The third kappa shape index (κ3) is 3.97. The zero-order valence-corrected chi connectivity index (χ0v) is 16.3. The van der Waals surface area contributed by atoms with Crippen molar-refractivity contribution in [2.75, 3.05) is 11.9 Å². The Bertz CT molecular complexity index is 677. The van der Waals surface area contributed by atoms with Gasteiger partial charge in [-0.25, -0.2) is 0 Å². The van der Waals surface area contributed by atoms with Gasteiger partial charge in [-0.15, -0.1) is 0 Å². The Morgan fingerprint density at radius 3 is 2.15 bits per heavy atom. The number of nitrogens with one attached hydrogen (secondary N) is 2. The van der Waals surface area contributed by atoms with Crippen molar-refractivity contribution in [3.05, 3.63) is 24.3 Å². The Balaban J connectivity index is 1.29. The van der Waals surface area contributed by atoms with Crippen LogP contribution >= 0.6 is 0 Å². The molecule has 4 fully saturated rings. The zero-order chi connectivity index (χ0) is 19.0. The molecule has 0 saturated heterocycles. The van der Waals surface area contributed by atoms with Crippen LogP contribution < -0.4 is 15.4 Å². The van der Waals surface area contributed by atoms with E-state index in [0.29, 0.717) is 11.2 Å². The van der Waals surface area contributed by atoms with Gasteiger partial charge in [0.25, 0.3) is 5.91 Å². The molecule has 5 nitrogen and oxygen atoms in total. The highest BCUT2D eigenvalue weighted by atomic mass is 16.5. The first-order valence-corrected chi connectivity index (χ1v) is 10.2. The van der Waals surface area contributed by atoms with Crippen molar-refractivity contribution in [3.8, 4) is 5.75 Å². The number of anilines is 1. The maximum Gasteiger partial charge on any atom is 0.258 e. The van der Waals surface area contributed by atoms with E-state index in [9.17, 15) is 9.59 Å². The molecule has 4 aliphatic rings. The van der Waals surface area contributed by atoms with Gasteiger partial charge in [0.2, 0.25) is 5.91 Å². The van der Waals surface area contributed by atoms with E-state index in [1.54, 1.807) is 24.3 Å². The Kier molecular flexibility index (Phi) is 4.87. The normalized spacial score (nSPS) is 32.0. The minimum Gasteiger partial charge on any atom is -0.484 e. The molecule has 0 unspecified atom stereocenters. The lowest BCUT2D eigenvalue weighted by molar-refractivity contribution is -0.127. The Morgan fingerprint density at radius 2 is 1.63 bits per heavy atom. The fourth-order valence-corrected chi connectivity index (χ4v) is 6.13. The number of hydrogen-bond donors (Lipinski definition) is 2. The second kappa shape index (κ2) is 7.17. The van der Waals surface area contributed by atoms with E-state index in [1.165, 1.54) is 45.4 Å². The van der Waals surface area contributed by atoms with Gasteiger partial charge in [-0.05, 0) is 92.9 Å². The van der Waals surface area contributed by atoms with Gasteiger partial charge < -0.3 is 15.4 Å². The van der Waals surface area contributed by atoms with Gasteiger partial charge in [0.15, 0.2) is 6.61 Å². The average molecular weight is 370 g/mol. The Hall–Kier alpha value is -2.04. The van der Waals surface area contributed by atoms with E-state index in [-0.39, 0.29) is 24.5 Å².